The third kappa shape index (κ3) is 3.65. The quantitative estimate of drug-likeness (QED) is 0.798. The number of anilines is 1. The molecule has 3 nitrogen and oxygen atoms in total. The van der Waals surface area contributed by atoms with Crippen molar-refractivity contribution >= 4 is 11.6 Å². The Labute approximate surface area is 103 Å². The molecule has 0 heterocycles. The van der Waals surface area contributed by atoms with Crippen molar-refractivity contribution in [3.63, 3.8) is 0 Å². The van der Waals surface area contributed by atoms with Crippen LogP contribution in [0.4, 0.5) is 18.9 Å². The molecule has 100 valence electrons. The maximum Gasteiger partial charge on any atom is 0.242 e. The summed E-state index contributed by atoms with van der Waals surface area (Å²) >= 11 is 0. The van der Waals surface area contributed by atoms with Crippen LogP contribution < -0.4 is 10.6 Å². The van der Waals surface area contributed by atoms with Gasteiger partial charge in [0.05, 0.1) is 0 Å². The van der Waals surface area contributed by atoms with Crippen LogP contribution in [0.2, 0.25) is 0 Å². The summed E-state index contributed by atoms with van der Waals surface area (Å²) < 4.78 is 38.6. The van der Waals surface area contributed by atoms with Crippen molar-refractivity contribution in [1.29, 1.82) is 0 Å². The zero-order chi connectivity index (χ0) is 13.7. The summed E-state index contributed by atoms with van der Waals surface area (Å²) in [5.41, 5.74) is 0.0190. The van der Waals surface area contributed by atoms with Crippen LogP contribution in [0.3, 0.4) is 0 Å². The molecule has 1 amide bonds. The second-order valence-electron chi connectivity index (χ2n) is 3.91. The van der Waals surface area contributed by atoms with Gasteiger partial charge in [-0.2, -0.15) is 0 Å². The van der Waals surface area contributed by atoms with Crippen molar-refractivity contribution in [2.45, 2.75) is 26.3 Å². The van der Waals surface area contributed by atoms with Gasteiger partial charge in [-0.1, -0.05) is 6.92 Å². The van der Waals surface area contributed by atoms with E-state index in [2.05, 4.69) is 10.6 Å². The minimum atomic E-state index is -1.52. The molecule has 0 saturated heterocycles. The van der Waals surface area contributed by atoms with Gasteiger partial charge in [-0.25, -0.2) is 13.2 Å². The fraction of sp³-hybridized carbons (Fsp3) is 0.417. The molecule has 0 radical (unpaired) electrons. The lowest BCUT2D eigenvalue weighted by Gasteiger charge is -2.15. The molecule has 0 bridgehead atoms. The van der Waals surface area contributed by atoms with Gasteiger partial charge in [0.25, 0.3) is 0 Å². The molecule has 0 spiro atoms. The molecule has 1 aromatic rings. The number of nitrogens with one attached hydrogen (secondary N) is 2. The number of benzene rings is 1. The van der Waals surface area contributed by atoms with Gasteiger partial charge in [0.15, 0.2) is 17.5 Å². The molecule has 0 aromatic heterocycles. The number of hydrogen-bond donors (Lipinski definition) is 2. The average Bonchev–Trinajstić information content (AvgIpc) is 2.32. The first-order valence-corrected chi connectivity index (χ1v) is 5.64. The van der Waals surface area contributed by atoms with Gasteiger partial charge in [0.2, 0.25) is 5.91 Å². The van der Waals surface area contributed by atoms with Crippen LogP contribution in [-0.2, 0) is 4.79 Å². The fourth-order valence-corrected chi connectivity index (χ4v) is 1.36. The molecule has 0 aliphatic carbocycles. The first kappa shape index (κ1) is 14.3. The maximum atomic E-state index is 12.9. The van der Waals surface area contributed by atoms with Crippen molar-refractivity contribution in [3.05, 3.63) is 29.6 Å². The van der Waals surface area contributed by atoms with Crippen LogP contribution in [0, 0.1) is 17.5 Å². The number of amides is 1. The molecule has 0 aliphatic rings. The average molecular weight is 260 g/mol. The van der Waals surface area contributed by atoms with Crippen molar-refractivity contribution in [2.75, 3.05) is 11.9 Å². The number of carbonyl (C=O) groups is 1. The summed E-state index contributed by atoms with van der Waals surface area (Å²) in [7, 11) is 0. The summed E-state index contributed by atoms with van der Waals surface area (Å²) in [6.07, 6.45) is 0.790. The zero-order valence-corrected chi connectivity index (χ0v) is 10.2. The molecule has 1 atom stereocenters. The van der Waals surface area contributed by atoms with Crippen LogP contribution in [0.5, 0.6) is 0 Å². The molecular formula is C12H15F3N2O. The Bertz CT molecular complexity index is 414. The van der Waals surface area contributed by atoms with Gasteiger partial charge in [-0.3, -0.25) is 4.79 Å². The minimum Gasteiger partial charge on any atom is -0.374 e. The number of hydrogen-bond acceptors (Lipinski definition) is 2. The SMILES string of the molecule is CCCNC(=O)C(C)Nc1cc(F)c(F)c(F)c1. The molecule has 2 N–H and O–H groups in total. The maximum absolute atomic E-state index is 12.9. The molecular weight excluding hydrogens is 245 g/mol. The van der Waals surface area contributed by atoms with Crippen molar-refractivity contribution in [3.8, 4) is 0 Å². The number of halogens is 3. The summed E-state index contributed by atoms with van der Waals surface area (Å²) in [6, 6.07) is 0.949. The highest BCUT2D eigenvalue weighted by Crippen LogP contribution is 2.17. The van der Waals surface area contributed by atoms with Gasteiger partial charge < -0.3 is 10.6 Å². The molecule has 1 rings (SSSR count). The molecule has 0 aliphatic heterocycles. The van der Waals surface area contributed by atoms with E-state index in [1.165, 1.54) is 0 Å². The summed E-state index contributed by atoms with van der Waals surface area (Å²) in [6.45, 7) is 3.98. The van der Waals surface area contributed by atoms with E-state index >= 15 is 0 Å². The molecule has 1 aromatic carbocycles. The number of rotatable bonds is 5. The molecule has 0 saturated carbocycles. The van der Waals surface area contributed by atoms with E-state index in [1.807, 2.05) is 6.92 Å². The Hall–Kier alpha value is -1.72. The Morgan fingerprint density at radius 2 is 1.83 bits per heavy atom. The highest BCUT2D eigenvalue weighted by atomic mass is 19.2. The summed E-state index contributed by atoms with van der Waals surface area (Å²) in [5, 5.41) is 5.23. The van der Waals surface area contributed by atoms with E-state index in [0.717, 1.165) is 18.6 Å². The van der Waals surface area contributed by atoms with Crippen LogP contribution in [0.1, 0.15) is 20.3 Å². The van der Waals surface area contributed by atoms with E-state index < -0.39 is 23.5 Å². The Kier molecular flexibility index (Phi) is 5.00. The third-order valence-electron chi connectivity index (χ3n) is 2.31. The fourth-order valence-electron chi connectivity index (χ4n) is 1.36. The molecule has 0 fully saturated rings. The van der Waals surface area contributed by atoms with Crippen LogP contribution in [-0.4, -0.2) is 18.5 Å². The van der Waals surface area contributed by atoms with E-state index in [9.17, 15) is 18.0 Å². The lowest BCUT2D eigenvalue weighted by atomic mass is 10.2. The molecule has 6 heteroatoms. The second-order valence-corrected chi connectivity index (χ2v) is 3.91. The van der Waals surface area contributed by atoms with Crippen molar-refractivity contribution < 1.29 is 18.0 Å². The van der Waals surface area contributed by atoms with E-state index in [1.54, 1.807) is 6.92 Å². The monoisotopic (exact) mass is 260 g/mol. The van der Waals surface area contributed by atoms with Gasteiger partial charge in [0, 0.05) is 24.4 Å². The highest BCUT2D eigenvalue weighted by molar-refractivity contribution is 5.84. The van der Waals surface area contributed by atoms with E-state index in [-0.39, 0.29) is 11.6 Å². The standard InChI is InChI=1S/C12H15F3N2O/c1-3-4-16-12(18)7(2)17-8-5-9(13)11(15)10(14)6-8/h5-7,17H,3-4H2,1-2H3,(H,16,18). The van der Waals surface area contributed by atoms with Crippen LogP contribution in [0.25, 0.3) is 0 Å². The Morgan fingerprint density at radius 1 is 1.28 bits per heavy atom. The summed E-state index contributed by atoms with van der Waals surface area (Å²) in [5.74, 6) is -4.40. The van der Waals surface area contributed by atoms with Crippen molar-refractivity contribution in [2.24, 2.45) is 0 Å². The second kappa shape index (κ2) is 6.28. The lowest BCUT2D eigenvalue weighted by molar-refractivity contribution is -0.121. The predicted octanol–water partition coefficient (Wildman–Crippen LogP) is 2.43. The van der Waals surface area contributed by atoms with Crippen molar-refractivity contribution in [1.82, 2.24) is 5.32 Å². The van der Waals surface area contributed by atoms with E-state index in [4.69, 9.17) is 0 Å². The lowest BCUT2D eigenvalue weighted by Crippen LogP contribution is -2.37. The Morgan fingerprint density at radius 3 is 2.33 bits per heavy atom. The van der Waals surface area contributed by atoms with Gasteiger partial charge in [0.1, 0.15) is 6.04 Å². The van der Waals surface area contributed by atoms with Crippen LogP contribution in [0.15, 0.2) is 12.1 Å². The topological polar surface area (TPSA) is 41.1 Å². The Balaban J connectivity index is 2.70. The van der Waals surface area contributed by atoms with Crippen LogP contribution >= 0.6 is 0 Å². The van der Waals surface area contributed by atoms with Gasteiger partial charge in [-0.15, -0.1) is 0 Å². The largest absolute Gasteiger partial charge is 0.374 e. The normalized spacial score (nSPS) is 12.1. The molecule has 18 heavy (non-hydrogen) atoms. The predicted molar refractivity (Wildman–Crippen MR) is 62.7 cm³/mol. The van der Waals surface area contributed by atoms with E-state index in [0.29, 0.717) is 6.54 Å². The third-order valence-corrected chi connectivity index (χ3v) is 2.31. The summed E-state index contributed by atoms with van der Waals surface area (Å²) in [4.78, 5) is 11.5. The first-order chi connectivity index (χ1) is 8.45. The number of carbonyl (C=O) groups excluding carboxylic acids is 1. The smallest absolute Gasteiger partial charge is 0.242 e. The van der Waals surface area contributed by atoms with Gasteiger partial charge in [-0.05, 0) is 13.3 Å². The highest BCUT2D eigenvalue weighted by Gasteiger charge is 2.15. The first-order valence-electron chi connectivity index (χ1n) is 5.64. The zero-order valence-electron chi connectivity index (χ0n) is 10.2. The molecule has 1 unspecified atom stereocenters. The van der Waals surface area contributed by atoms with Gasteiger partial charge >= 0.3 is 0 Å². The minimum absolute atomic E-state index is 0.0190.